The minimum absolute atomic E-state index is 0.137. The van der Waals surface area contributed by atoms with Gasteiger partial charge in [0.1, 0.15) is 4.90 Å². The molecule has 0 aromatic carbocycles. The number of sulfonamides is 1. The molecule has 20 heavy (non-hydrogen) atoms. The van der Waals surface area contributed by atoms with Gasteiger partial charge in [0, 0.05) is 25.5 Å². The molecule has 0 saturated heterocycles. The van der Waals surface area contributed by atoms with Crippen LogP contribution in [0.4, 0.5) is 5.69 Å². The fourth-order valence-electron chi connectivity index (χ4n) is 1.64. The van der Waals surface area contributed by atoms with Crippen LogP contribution in [0.1, 0.15) is 6.92 Å². The Hall–Kier alpha value is -1.87. The minimum Gasteiger partial charge on any atom is -0.318 e. The van der Waals surface area contributed by atoms with Crippen molar-refractivity contribution in [2.45, 2.75) is 24.9 Å². The average molecular weight is 298 g/mol. The van der Waals surface area contributed by atoms with Crippen LogP contribution in [0.25, 0.3) is 0 Å². The molecule has 0 aliphatic rings. The predicted molar refractivity (Wildman–Crippen MR) is 74.9 cm³/mol. The maximum absolute atomic E-state index is 12.2. The molecule has 0 spiro atoms. The van der Waals surface area contributed by atoms with Gasteiger partial charge in [0.2, 0.25) is 0 Å². The minimum atomic E-state index is -3.62. The molecule has 110 valence electrons. The van der Waals surface area contributed by atoms with Gasteiger partial charge in [-0.2, -0.15) is 10.2 Å². The van der Waals surface area contributed by atoms with E-state index in [1.54, 1.807) is 15.6 Å². The summed E-state index contributed by atoms with van der Waals surface area (Å²) in [6.45, 7) is 3.94. The average Bonchev–Trinajstić information content (AvgIpc) is 3.04. The molecule has 8 nitrogen and oxygen atoms in total. The number of hydrogen-bond acceptors (Lipinski definition) is 5. The molecule has 9 heteroatoms. The first kappa shape index (κ1) is 14.5. The topological polar surface area (TPSA) is 93.8 Å². The summed E-state index contributed by atoms with van der Waals surface area (Å²) in [5.74, 6) is 0. The smallest absolute Gasteiger partial charge is 0.265 e. The van der Waals surface area contributed by atoms with Gasteiger partial charge in [0.25, 0.3) is 10.0 Å². The molecule has 0 aliphatic carbocycles. The van der Waals surface area contributed by atoms with Crippen molar-refractivity contribution in [2.24, 2.45) is 0 Å². The number of rotatable bonds is 7. The van der Waals surface area contributed by atoms with Crippen LogP contribution in [-0.2, 0) is 23.1 Å². The van der Waals surface area contributed by atoms with Crippen LogP contribution in [0.15, 0.2) is 29.7 Å². The number of nitrogens with zero attached hydrogens (tertiary/aromatic N) is 4. The number of likely N-dealkylation sites (N-methyl/N-ethyl adjacent to an activating group) is 1. The summed E-state index contributed by atoms with van der Waals surface area (Å²) < 4.78 is 30.0. The monoisotopic (exact) mass is 298 g/mol. The van der Waals surface area contributed by atoms with Crippen LogP contribution in [0, 0.1) is 0 Å². The van der Waals surface area contributed by atoms with Gasteiger partial charge in [-0.15, -0.1) is 0 Å². The number of anilines is 1. The Morgan fingerprint density at radius 2 is 1.95 bits per heavy atom. The predicted octanol–water partition coefficient (Wildman–Crippen LogP) is 0.120. The lowest BCUT2D eigenvalue weighted by molar-refractivity contribution is 0.582. The summed E-state index contributed by atoms with van der Waals surface area (Å²) in [6, 6.07) is 0. The highest BCUT2D eigenvalue weighted by atomic mass is 32.2. The molecular formula is C11H18N6O2S. The van der Waals surface area contributed by atoms with E-state index < -0.39 is 10.0 Å². The highest BCUT2D eigenvalue weighted by Crippen LogP contribution is 2.14. The molecule has 2 aromatic heterocycles. The highest BCUT2D eigenvalue weighted by Gasteiger charge is 2.17. The van der Waals surface area contributed by atoms with Crippen molar-refractivity contribution in [2.75, 3.05) is 18.3 Å². The van der Waals surface area contributed by atoms with E-state index in [0.717, 1.165) is 6.54 Å². The fourth-order valence-corrected chi connectivity index (χ4v) is 2.62. The first-order chi connectivity index (χ1) is 9.55. The van der Waals surface area contributed by atoms with Gasteiger partial charge < -0.3 is 5.32 Å². The first-order valence-electron chi connectivity index (χ1n) is 6.27. The third kappa shape index (κ3) is 3.36. The van der Waals surface area contributed by atoms with E-state index in [-0.39, 0.29) is 4.90 Å². The molecule has 0 fully saturated rings. The van der Waals surface area contributed by atoms with Crippen LogP contribution in [0.2, 0.25) is 0 Å². The standard InChI is InChI=1S/C11H18N6O2S/c1-3-16-8-10(6-13-16)15-20(18,19)11-7-14-17(9-11)5-4-12-2/h6-9,12,15H,3-5H2,1-2H3. The first-order valence-corrected chi connectivity index (χ1v) is 7.76. The van der Waals surface area contributed by atoms with E-state index in [4.69, 9.17) is 0 Å². The van der Waals surface area contributed by atoms with Gasteiger partial charge >= 0.3 is 0 Å². The normalized spacial score (nSPS) is 11.7. The maximum Gasteiger partial charge on any atom is 0.265 e. The second kappa shape index (κ2) is 6.06. The lowest BCUT2D eigenvalue weighted by atomic mass is 10.6. The summed E-state index contributed by atoms with van der Waals surface area (Å²) >= 11 is 0. The SMILES string of the molecule is CCn1cc(NS(=O)(=O)c2cnn(CCNC)c2)cn1. The summed E-state index contributed by atoms with van der Waals surface area (Å²) in [6.07, 6.45) is 5.96. The number of nitrogens with one attached hydrogen (secondary N) is 2. The van der Waals surface area contributed by atoms with Gasteiger partial charge in [-0.1, -0.05) is 0 Å². The molecule has 0 radical (unpaired) electrons. The fraction of sp³-hybridized carbons (Fsp3) is 0.455. The van der Waals surface area contributed by atoms with Crippen molar-refractivity contribution in [1.82, 2.24) is 24.9 Å². The lowest BCUT2D eigenvalue weighted by Crippen LogP contribution is -2.15. The summed E-state index contributed by atoms with van der Waals surface area (Å²) in [4.78, 5) is 0.137. The summed E-state index contributed by atoms with van der Waals surface area (Å²) in [5.41, 5.74) is 0.440. The Bertz CT molecular complexity index is 660. The Kier molecular flexibility index (Phi) is 4.40. The lowest BCUT2D eigenvalue weighted by Gasteiger charge is -2.03. The molecule has 0 bridgehead atoms. The zero-order valence-electron chi connectivity index (χ0n) is 11.4. The zero-order chi connectivity index (χ0) is 14.6. The van der Waals surface area contributed by atoms with Crippen molar-refractivity contribution in [3.8, 4) is 0 Å². The van der Waals surface area contributed by atoms with Crippen molar-refractivity contribution in [1.29, 1.82) is 0 Å². The molecule has 2 rings (SSSR count). The van der Waals surface area contributed by atoms with E-state index in [1.165, 1.54) is 18.6 Å². The molecule has 2 aromatic rings. The van der Waals surface area contributed by atoms with Crippen LogP contribution in [0.3, 0.4) is 0 Å². The van der Waals surface area contributed by atoms with Gasteiger partial charge in [0.15, 0.2) is 0 Å². The summed E-state index contributed by atoms with van der Waals surface area (Å²) in [7, 11) is -1.79. The molecule has 0 saturated carbocycles. The van der Waals surface area contributed by atoms with E-state index in [2.05, 4.69) is 20.2 Å². The molecular weight excluding hydrogens is 280 g/mol. The Morgan fingerprint density at radius 1 is 1.20 bits per heavy atom. The third-order valence-electron chi connectivity index (χ3n) is 2.72. The Labute approximate surface area is 117 Å². The van der Waals surface area contributed by atoms with E-state index in [9.17, 15) is 8.42 Å². The zero-order valence-corrected chi connectivity index (χ0v) is 12.3. The van der Waals surface area contributed by atoms with Crippen molar-refractivity contribution in [3.05, 3.63) is 24.8 Å². The van der Waals surface area contributed by atoms with Crippen molar-refractivity contribution in [3.63, 3.8) is 0 Å². The second-order valence-electron chi connectivity index (χ2n) is 4.23. The molecule has 0 unspecified atom stereocenters. The van der Waals surface area contributed by atoms with Crippen molar-refractivity contribution < 1.29 is 8.42 Å². The van der Waals surface area contributed by atoms with Crippen LogP contribution in [0.5, 0.6) is 0 Å². The summed E-state index contributed by atoms with van der Waals surface area (Å²) in [5, 5.41) is 11.0. The van der Waals surface area contributed by atoms with Gasteiger partial charge in [-0.05, 0) is 14.0 Å². The Balaban J connectivity index is 2.11. The third-order valence-corrected chi connectivity index (χ3v) is 4.06. The van der Waals surface area contributed by atoms with Crippen LogP contribution < -0.4 is 10.0 Å². The highest BCUT2D eigenvalue weighted by molar-refractivity contribution is 7.92. The molecule has 0 atom stereocenters. The number of aromatic nitrogens is 4. The molecule has 0 amide bonds. The number of hydrogen-bond donors (Lipinski definition) is 2. The van der Waals surface area contributed by atoms with Crippen LogP contribution >= 0.6 is 0 Å². The van der Waals surface area contributed by atoms with Crippen LogP contribution in [-0.4, -0.2) is 41.6 Å². The van der Waals surface area contributed by atoms with Gasteiger partial charge in [-0.25, -0.2) is 8.42 Å². The quantitative estimate of drug-likeness (QED) is 0.757. The molecule has 2 heterocycles. The van der Waals surface area contributed by atoms with E-state index in [0.29, 0.717) is 18.8 Å². The van der Waals surface area contributed by atoms with Gasteiger partial charge in [0.05, 0.1) is 24.6 Å². The maximum atomic E-state index is 12.2. The Morgan fingerprint density at radius 3 is 2.60 bits per heavy atom. The second-order valence-corrected chi connectivity index (χ2v) is 5.92. The van der Waals surface area contributed by atoms with Crippen molar-refractivity contribution >= 4 is 15.7 Å². The van der Waals surface area contributed by atoms with E-state index >= 15 is 0 Å². The molecule has 2 N–H and O–H groups in total. The number of aryl methyl sites for hydroxylation is 1. The van der Waals surface area contributed by atoms with E-state index in [1.807, 2.05) is 14.0 Å². The molecule has 0 aliphatic heterocycles. The van der Waals surface area contributed by atoms with Gasteiger partial charge in [-0.3, -0.25) is 14.1 Å². The largest absolute Gasteiger partial charge is 0.318 e.